The second kappa shape index (κ2) is 7.79. The lowest BCUT2D eigenvalue weighted by Crippen LogP contribution is -2.40. The number of hydrogen-bond donors (Lipinski definition) is 3. The molecule has 0 aliphatic heterocycles. The van der Waals surface area contributed by atoms with Crippen LogP contribution in [-0.4, -0.2) is 24.0 Å². The molecule has 0 bridgehead atoms. The van der Waals surface area contributed by atoms with Gasteiger partial charge in [-0.25, -0.2) is 5.84 Å². The van der Waals surface area contributed by atoms with E-state index in [-0.39, 0.29) is 11.9 Å². The highest BCUT2D eigenvalue weighted by Gasteiger charge is 2.17. The number of rotatable bonds is 5. The summed E-state index contributed by atoms with van der Waals surface area (Å²) >= 11 is 0. The number of ether oxygens (including phenoxy) is 1. The summed E-state index contributed by atoms with van der Waals surface area (Å²) < 4.78 is 5.43. The Balaban J connectivity index is 1.90. The number of nitrogens with one attached hydrogen (secondary N) is 2. The molecule has 2 amide bonds. The van der Waals surface area contributed by atoms with Gasteiger partial charge >= 0.3 is 0 Å². The molecule has 1 aromatic rings. The summed E-state index contributed by atoms with van der Waals surface area (Å²) in [6.07, 6.45) is 5.04. The minimum atomic E-state index is -0.688. The first kappa shape index (κ1) is 16.3. The molecule has 0 heterocycles. The minimum absolute atomic E-state index is 0.0637. The lowest BCUT2D eigenvalue weighted by atomic mass is 9.95. The summed E-state index contributed by atoms with van der Waals surface area (Å²) in [6.45, 7) is 1.60. The third kappa shape index (κ3) is 4.46. The summed E-state index contributed by atoms with van der Waals surface area (Å²) in [5.74, 6) is 5.10. The Morgan fingerprint density at radius 3 is 2.41 bits per heavy atom. The topological polar surface area (TPSA) is 93.4 Å². The fraction of sp³-hybridized carbons (Fsp3) is 0.500. The molecule has 1 aliphatic carbocycles. The van der Waals surface area contributed by atoms with Crippen molar-refractivity contribution in [2.24, 2.45) is 5.84 Å². The van der Waals surface area contributed by atoms with Crippen molar-refractivity contribution in [2.75, 3.05) is 0 Å². The standard InChI is InChI=1S/C16H23N3O3/c1-11(15(20)19-17)22-14-9-7-12(8-10-14)16(21)18-13-5-3-2-4-6-13/h7-11,13H,2-6,17H2,1H3,(H,18,21)(H,19,20)/t11-/m0/s1. The van der Waals surface area contributed by atoms with E-state index in [4.69, 9.17) is 10.6 Å². The highest BCUT2D eigenvalue weighted by Crippen LogP contribution is 2.18. The summed E-state index contributed by atoms with van der Waals surface area (Å²) in [5.41, 5.74) is 2.62. The molecule has 1 aromatic carbocycles. The third-order valence-electron chi connectivity index (χ3n) is 3.88. The minimum Gasteiger partial charge on any atom is -0.481 e. The van der Waals surface area contributed by atoms with E-state index in [1.807, 2.05) is 5.43 Å². The maximum Gasteiger partial charge on any atom is 0.274 e. The number of benzene rings is 1. The lowest BCUT2D eigenvalue weighted by Gasteiger charge is -2.22. The molecule has 120 valence electrons. The van der Waals surface area contributed by atoms with Gasteiger partial charge in [0.15, 0.2) is 6.10 Å². The van der Waals surface area contributed by atoms with Crippen LogP contribution < -0.4 is 21.3 Å². The summed E-state index contributed by atoms with van der Waals surface area (Å²) in [6, 6.07) is 7.03. The van der Waals surface area contributed by atoms with E-state index in [9.17, 15) is 9.59 Å². The average molecular weight is 305 g/mol. The lowest BCUT2D eigenvalue weighted by molar-refractivity contribution is -0.127. The first-order valence-corrected chi connectivity index (χ1v) is 7.68. The predicted octanol–water partition coefficient (Wildman–Crippen LogP) is 1.51. The molecule has 6 heteroatoms. The van der Waals surface area contributed by atoms with Crippen LogP contribution in [0.2, 0.25) is 0 Å². The number of hydrogen-bond acceptors (Lipinski definition) is 4. The number of amides is 2. The van der Waals surface area contributed by atoms with Crippen molar-refractivity contribution in [3.05, 3.63) is 29.8 Å². The van der Waals surface area contributed by atoms with Crippen LogP contribution in [0.15, 0.2) is 24.3 Å². The van der Waals surface area contributed by atoms with Crippen molar-refractivity contribution in [3.8, 4) is 5.75 Å². The highest BCUT2D eigenvalue weighted by molar-refractivity contribution is 5.94. The van der Waals surface area contributed by atoms with Crippen LogP contribution in [0.4, 0.5) is 0 Å². The molecule has 1 saturated carbocycles. The van der Waals surface area contributed by atoms with Gasteiger partial charge in [-0.3, -0.25) is 15.0 Å². The molecule has 1 atom stereocenters. The maximum atomic E-state index is 12.2. The molecule has 22 heavy (non-hydrogen) atoms. The van der Waals surface area contributed by atoms with E-state index in [2.05, 4.69) is 5.32 Å². The second-order valence-corrected chi connectivity index (χ2v) is 5.60. The van der Waals surface area contributed by atoms with Crippen LogP contribution in [0.25, 0.3) is 0 Å². The van der Waals surface area contributed by atoms with Crippen LogP contribution >= 0.6 is 0 Å². The fourth-order valence-corrected chi connectivity index (χ4v) is 2.58. The van der Waals surface area contributed by atoms with Gasteiger partial charge < -0.3 is 10.1 Å². The van der Waals surface area contributed by atoms with Gasteiger partial charge in [0.1, 0.15) is 5.75 Å². The van der Waals surface area contributed by atoms with E-state index < -0.39 is 12.0 Å². The van der Waals surface area contributed by atoms with Gasteiger partial charge in [-0.2, -0.15) is 0 Å². The summed E-state index contributed by atoms with van der Waals surface area (Å²) in [4.78, 5) is 23.5. The van der Waals surface area contributed by atoms with Crippen LogP contribution in [0.3, 0.4) is 0 Å². The molecule has 0 unspecified atom stereocenters. The molecule has 0 radical (unpaired) electrons. The molecule has 6 nitrogen and oxygen atoms in total. The van der Waals surface area contributed by atoms with E-state index in [1.54, 1.807) is 31.2 Å². The van der Waals surface area contributed by atoms with Gasteiger partial charge in [-0.15, -0.1) is 0 Å². The van der Waals surface area contributed by atoms with Crippen LogP contribution in [-0.2, 0) is 4.79 Å². The molecule has 0 saturated heterocycles. The SMILES string of the molecule is C[C@H](Oc1ccc(C(=O)NC2CCCCC2)cc1)C(=O)NN. The van der Waals surface area contributed by atoms with Gasteiger partial charge in [-0.1, -0.05) is 19.3 Å². The summed E-state index contributed by atoms with van der Waals surface area (Å²) in [7, 11) is 0. The zero-order valence-electron chi connectivity index (χ0n) is 12.8. The molecule has 4 N–H and O–H groups in total. The zero-order chi connectivity index (χ0) is 15.9. The average Bonchev–Trinajstić information content (AvgIpc) is 2.55. The monoisotopic (exact) mass is 305 g/mol. The quantitative estimate of drug-likeness (QED) is 0.436. The Bertz CT molecular complexity index is 510. The zero-order valence-corrected chi connectivity index (χ0v) is 12.8. The van der Waals surface area contributed by atoms with Gasteiger partial charge in [0, 0.05) is 11.6 Å². The van der Waals surface area contributed by atoms with Crippen molar-refractivity contribution in [1.29, 1.82) is 0 Å². The molecular weight excluding hydrogens is 282 g/mol. The van der Waals surface area contributed by atoms with Crippen molar-refractivity contribution < 1.29 is 14.3 Å². The molecule has 0 spiro atoms. The van der Waals surface area contributed by atoms with E-state index in [0.29, 0.717) is 11.3 Å². The van der Waals surface area contributed by atoms with Gasteiger partial charge in [0.2, 0.25) is 0 Å². The van der Waals surface area contributed by atoms with Crippen LogP contribution in [0, 0.1) is 0 Å². The van der Waals surface area contributed by atoms with Crippen molar-refractivity contribution in [3.63, 3.8) is 0 Å². The Kier molecular flexibility index (Phi) is 5.77. The van der Waals surface area contributed by atoms with Crippen LogP contribution in [0.1, 0.15) is 49.4 Å². The second-order valence-electron chi connectivity index (χ2n) is 5.60. The van der Waals surface area contributed by atoms with Gasteiger partial charge in [0.25, 0.3) is 11.8 Å². The Labute approximate surface area is 130 Å². The first-order valence-electron chi connectivity index (χ1n) is 7.68. The van der Waals surface area contributed by atoms with E-state index >= 15 is 0 Å². The van der Waals surface area contributed by atoms with E-state index in [1.165, 1.54) is 19.3 Å². The fourth-order valence-electron chi connectivity index (χ4n) is 2.58. The number of hydrazine groups is 1. The molecule has 2 rings (SSSR count). The Morgan fingerprint density at radius 1 is 1.18 bits per heavy atom. The molecular formula is C16H23N3O3. The van der Waals surface area contributed by atoms with Gasteiger partial charge in [-0.05, 0) is 44.0 Å². The summed E-state index contributed by atoms with van der Waals surface area (Å²) in [5, 5.41) is 3.06. The Morgan fingerprint density at radius 2 is 1.82 bits per heavy atom. The first-order chi connectivity index (χ1) is 10.6. The number of carbonyl (C=O) groups is 2. The molecule has 1 aliphatic rings. The van der Waals surface area contributed by atoms with Crippen LogP contribution in [0.5, 0.6) is 5.75 Å². The smallest absolute Gasteiger partial charge is 0.274 e. The molecule has 0 aromatic heterocycles. The van der Waals surface area contributed by atoms with Crippen molar-refractivity contribution >= 4 is 11.8 Å². The Hall–Kier alpha value is -2.08. The van der Waals surface area contributed by atoms with Gasteiger partial charge in [0.05, 0.1) is 0 Å². The molecule has 1 fully saturated rings. The highest BCUT2D eigenvalue weighted by atomic mass is 16.5. The number of carbonyl (C=O) groups excluding carboxylic acids is 2. The van der Waals surface area contributed by atoms with Crippen molar-refractivity contribution in [1.82, 2.24) is 10.7 Å². The third-order valence-corrected chi connectivity index (χ3v) is 3.88. The normalized spacial score (nSPS) is 16.6. The predicted molar refractivity (Wildman–Crippen MR) is 83.2 cm³/mol. The largest absolute Gasteiger partial charge is 0.481 e. The van der Waals surface area contributed by atoms with E-state index in [0.717, 1.165) is 12.8 Å². The number of nitrogens with two attached hydrogens (primary N) is 1. The maximum absolute atomic E-state index is 12.2. The van der Waals surface area contributed by atoms with Crippen molar-refractivity contribution in [2.45, 2.75) is 51.2 Å².